The maximum absolute atomic E-state index is 12.8. The van der Waals surface area contributed by atoms with Gasteiger partial charge in [-0.05, 0) is 33.6 Å². The molecule has 0 aromatic heterocycles. The van der Waals surface area contributed by atoms with Crippen molar-refractivity contribution in [3.63, 3.8) is 0 Å². The molecule has 0 fully saturated rings. The number of aliphatic hydroxyl groups is 1. The highest BCUT2D eigenvalue weighted by Gasteiger charge is 2.35. The minimum atomic E-state index is -4.55. The molecule has 0 saturated heterocycles. The fourth-order valence-electron chi connectivity index (χ4n) is 1.38. The summed E-state index contributed by atoms with van der Waals surface area (Å²) in [6.07, 6.45) is -4.55. The van der Waals surface area contributed by atoms with Crippen LogP contribution >= 0.6 is 15.9 Å². The van der Waals surface area contributed by atoms with Crippen LogP contribution in [0.1, 0.15) is 17.2 Å². The molecule has 0 saturated carbocycles. The zero-order chi connectivity index (χ0) is 13.2. The van der Waals surface area contributed by atoms with Gasteiger partial charge in [-0.3, -0.25) is 0 Å². The summed E-state index contributed by atoms with van der Waals surface area (Å²) < 4.78 is 43.5. The molecule has 0 aliphatic heterocycles. The van der Waals surface area contributed by atoms with Gasteiger partial charge in [0.25, 0.3) is 0 Å². The second-order valence-corrected chi connectivity index (χ2v) is 4.22. The van der Waals surface area contributed by atoms with E-state index in [4.69, 9.17) is 15.6 Å². The predicted octanol–water partition coefficient (Wildman–Crippen LogP) is 2.47. The number of benzene rings is 1. The normalized spacial score (nSPS) is 13.6. The molecule has 0 heterocycles. The molecule has 1 aromatic carbocycles. The number of alkyl halides is 3. The van der Waals surface area contributed by atoms with Gasteiger partial charge in [-0.25, -0.2) is 0 Å². The Morgan fingerprint density at radius 2 is 2.06 bits per heavy atom. The van der Waals surface area contributed by atoms with Gasteiger partial charge in [0, 0.05) is 0 Å². The van der Waals surface area contributed by atoms with Gasteiger partial charge in [0.05, 0.1) is 29.8 Å². The van der Waals surface area contributed by atoms with Gasteiger partial charge >= 0.3 is 6.18 Å². The molecule has 3 nitrogen and oxygen atoms in total. The van der Waals surface area contributed by atoms with Crippen LogP contribution in [0, 0.1) is 0 Å². The van der Waals surface area contributed by atoms with E-state index in [1.54, 1.807) is 0 Å². The Hall–Kier alpha value is -0.790. The van der Waals surface area contributed by atoms with Crippen molar-refractivity contribution in [3.8, 4) is 5.75 Å². The average Bonchev–Trinajstić information content (AvgIpc) is 2.26. The molecule has 1 rings (SSSR count). The number of rotatable bonds is 3. The number of halogens is 4. The molecule has 17 heavy (non-hydrogen) atoms. The lowest BCUT2D eigenvalue weighted by molar-refractivity contribution is -0.138. The number of methoxy groups -OCH3 is 1. The second-order valence-electron chi connectivity index (χ2n) is 3.36. The number of hydrogen-bond acceptors (Lipinski definition) is 3. The van der Waals surface area contributed by atoms with Crippen LogP contribution in [0.4, 0.5) is 13.2 Å². The van der Waals surface area contributed by atoms with Crippen molar-refractivity contribution in [2.75, 3.05) is 13.7 Å². The monoisotopic (exact) mass is 313 g/mol. The van der Waals surface area contributed by atoms with Gasteiger partial charge in [-0.15, -0.1) is 0 Å². The fourth-order valence-corrected chi connectivity index (χ4v) is 1.90. The van der Waals surface area contributed by atoms with Crippen molar-refractivity contribution < 1.29 is 23.0 Å². The third kappa shape index (κ3) is 3.11. The van der Waals surface area contributed by atoms with Crippen LogP contribution in [0.25, 0.3) is 0 Å². The first kappa shape index (κ1) is 14.3. The zero-order valence-electron chi connectivity index (χ0n) is 8.88. The highest BCUT2D eigenvalue weighted by Crippen LogP contribution is 2.39. The Morgan fingerprint density at radius 3 is 2.47 bits per heavy atom. The summed E-state index contributed by atoms with van der Waals surface area (Å²) in [6, 6.07) is 0.978. The highest BCUT2D eigenvalue weighted by atomic mass is 79.9. The van der Waals surface area contributed by atoms with Crippen molar-refractivity contribution in [2.24, 2.45) is 5.73 Å². The van der Waals surface area contributed by atoms with E-state index >= 15 is 0 Å². The van der Waals surface area contributed by atoms with E-state index < -0.39 is 24.4 Å². The second kappa shape index (κ2) is 5.24. The predicted molar refractivity (Wildman–Crippen MR) is 59.7 cm³/mol. The molecular weight excluding hydrogens is 303 g/mol. The average molecular weight is 314 g/mol. The van der Waals surface area contributed by atoms with Gasteiger partial charge in [0.15, 0.2) is 0 Å². The molecule has 3 N–H and O–H groups in total. The van der Waals surface area contributed by atoms with Gasteiger partial charge in [-0.2, -0.15) is 13.2 Å². The van der Waals surface area contributed by atoms with Gasteiger partial charge in [-0.1, -0.05) is 0 Å². The quantitative estimate of drug-likeness (QED) is 0.901. The summed E-state index contributed by atoms with van der Waals surface area (Å²) in [6.45, 7) is -0.568. The Bertz CT molecular complexity index is 409. The summed E-state index contributed by atoms with van der Waals surface area (Å²) in [7, 11) is 1.27. The number of aliphatic hydroxyl groups excluding tert-OH is 1. The number of nitrogens with two attached hydrogens (primary N) is 1. The minimum absolute atomic E-state index is 0.0613. The Labute approximate surface area is 105 Å². The molecule has 0 spiro atoms. The highest BCUT2D eigenvalue weighted by molar-refractivity contribution is 9.10. The van der Waals surface area contributed by atoms with E-state index in [2.05, 4.69) is 15.9 Å². The van der Waals surface area contributed by atoms with E-state index in [-0.39, 0.29) is 11.3 Å². The van der Waals surface area contributed by atoms with Gasteiger partial charge in [0.1, 0.15) is 5.75 Å². The van der Waals surface area contributed by atoms with Crippen LogP contribution in [-0.2, 0) is 6.18 Å². The third-order valence-electron chi connectivity index (χ3n) is 2.23. The van der Waals surface area contributed by atoms with Crippen LogP contribution < -0.4 is 10.5 Å². The minimum Gasteiger partial charge on any atom is -0.496 e. The van der Waals surface area contributed by atoms with Crippen LogP contribution in [-0.4, -0.2) is 18.8 Å². The molecule has 0 radical (unpaired) electrons. The van der Waals surface area contributed by atoms with Gasteiger partial charge in [0.2, 0.25) is 0 Å². The first-order valence-electron chi connectivity index (χ1n) is 4.62. The third-order valence-corrected chi connectivity index (χ3v) is 2.85. The SMILES string of the molecule is COc1cc(C(F)(F)F)c(C(N)CO)cc1Br. The van der Waals surface area contributed by atoms with Crippen molar-refractivity contribution in [1.82, 2.24) is 0 Å². The maximum atomic E-state index is 12.8. The van der Waals surface area contributed by atoms with E-state index in [0.29, 0.717) is 4.47 Å². The standard InChI is InChI=1S/C10H11BrF3NO2/c1-17-9-3-6(10(12,13)14)5(2-7(9)11)8(15)4-16/h2-3,8,16H,4,15H2,1H3. The summed E-state index contributed by atoms with van der Waals surface area (Å²) in [5.41, 5.74) is 4.36. The number of ether oxygens (including phenoxy) is 1. The first-order valence-corrected chi connectivity index (χ1v) is 5.41. The lowest BCUT2D eigenvalue weighted by Gasteiger charge is -2.18. The van der Waals surface area contributed by atoms with E-state index in [1.807, 2.05) is 0 Å². The first-order chi connectivity index (χ1) is 7.81. The summed E-state index contributed by atoms with van der Waals surface area (Å²) in [5.74, 6) is 0.0613. The summed E-state index contributed by atoms with van der Waals surface area (Å²) in [5, 5.41) is 8.86. The molecule has 0 aliphatic carbocycles. The van der Waals surface area contributed by atoms with Crippen LogP contribution in [0.3, 0.4) is 0 Å². The molecule has 7 heteroatoms. The van der Waals surface area contributed by atoms with E-state index in [9.17, 15) is 13.2 Å². The van der Waals surface area contributed by atoms with Gasteiger partial charge < -0.3 is 15.6 Å². The van der Waals surface area contributed by atoms with E-state index in [1.165, 1.54) is 13.2 Å². The Kier molecular flexibility index (Phi) is 4.40. The topological polar surface area (TPSA) is 55.5 Å². The summed E-state index contributed by atoms with van der Waals surface area (Å²) in [4.78, 5) is 0. The smallest absolute Gasteiger partial charge is 0.416 e. The Morgan fingerprint density at radius 1 is 1.47 bits per heavy atom. The largest absolute Gasteiger partial charge is 0.496 e. The maximum Gasteiger partial charge on any atom is 0.416 e. The molecule has 0 bridgehead atoms. The lowest BCUT2D eigenvalue weighted by atomic mass is 10.0. The van der Waals surface area contributed by atoms with E-state index in [0.717, 1.165) is 6.07 Å². The molecule has 1 aromatic rings. The van der Waals surface area contributed by atoms with Crippen molar-refractivity contribution in [3.05, 3.63) is 27.7 Å². The van der Waals surface area contributed by atoms with Crippen LogP contribution in [0.2, 0.25) is 0 Å². The van der Waals surface area contributed by atoms with Crippen molar-refractivity contribution >= 4 is 15.9 Å². The molecular formula is C10H11BrF3NO2. The number of hydrogen-bond donors (Lipinski definition) is 2. The molecule has 1 unspecified atom stereocenters. The van der Waals surface area contributed by atoms with Crippen molar-refractivity contribution in [1.29, 1.82) is 0 Å². The fraction of sp³-hybridized carbons (Fsp3) is 0.400. The van der Waals surface area contributed by atoms with Crippen LogP contribution in [0.15, 0.2) is 16.6 Å². The lowest BCUT2D eigenvalue weighted by Crippen LogP contribution is -2.20. The molecule has 96 valence electrons. The zero-order valence-corrected chi connectivity index (χ0v) is 10.5. The van der Waals surface area contributed by atoms with Crippen molar-refractivity contribution in [2.45, 2.75) is 12.2 Å². The molecule has 0 aliphatic rings. The van der Waals surface area contributed by atoms with Crippen LogP contribution in [0.5, 0.6) is 5.75 Å². The summed E-state index contributed by atoms with van der Waals surface area (Å²) >= 11 is 3.08. The Balaban J connectivity index is 3.42. The molecule has 0 amide bonds. The molecule has 1 atom stereocenters.